The van der Waals surface area contributed by atoms with E-state index >= 15 is 0 Å². The molecule has 0 spiro atoms. The predicted molar refractivity (Wildman–Crippen MR) is 127 cm³/mol. The number of amides is 1. The average molecular weight is 440 g/mol. The molecular weight excluding hydrogens is 418 g/mol. The number of nitrogens with zero attached hydrogens (tertiary/aromatic N) is 4. The zero-order chi connectivity index (χ0) is 22.2. The Morgan fingerprint density at radius 3 is 2.75 bits per heavy atom. The number of hydrogen-bond acceptors (Lipinski definition) is 6. The second-order valence-corrected chi connectivity index (χ2v) is 8.10. The summed E-state index contributed by atoms with van der Waals surface area (Å²) in [7, 11) is 0. The van der Waals surface area contributed by atoms with Gasteiger partial charge in [-0.15, -0.1) is 11.3 Å². The summed E-state index contributed by atoms with van der Waals surface area (Å²) in [6.45, 7) is 1.05. The van der Waals surface area contributed by atoms with E-state index in [2.05, 4.69) is 27.8 Å². The van der Waals surface area contributed by atoms with Gasteiger partial charge in [-0.05, 0) is 47.7 Å². The van der Waals surface area contributed by atoms with E-state index in [4.69, 9.17) is 4.98 Å². The lowest BCUT2D eigenvalue weighted by molar-refractivity contribution is -0.107. The summed E-state index contributed by atoms with van der Waals surface area (Å²) in [5.74, 6) is 0.600. The van der Waals surface area contributed by atoms with Crippen LogP contribution in [0.5, 0.6) is 0 Å². The molecule has 158 valence electrons. The summed E-state index contributed by atoms with van der Waals surface area (Å²) in [5, 5.41) is 14.9. The van der Waals surface area contributed by atoms with Gasteiger partial charge in [-0.1, -0.05) is 30.3 Å². The number of anilines is 2. The number of carbonyl (C=O) groups excluding carboxylic acids is 1. The molecule has 7 heteroatoms. The third-order valence-corrected chi connectivity index (χ3v) is 5.89. The summed E-state index contributed by atoms with van der Waals surface area (Å²) in [4.78, 5) is 23.8. The minimum atomic E-state index is 0.382. The highest BCUT2D eigenvalue weighted by Crippen LogP contribution is 2.30. The van der Waals surface area contributed by atoms with Gasteiger partial charge in [0, 0.05) is 29.4 Å². The summed E-state index contributed by atoms with van der Waals surface area (Å²) >= 11 is 1.71. The maximum Gasteiger partial charge on any atom is 0.214 e. The molecule has 0 unspecified atom stereocenters. The first-order chi connectivity index (χ1) is 15.8. The van der Waals surface area contributed by atoms with E-state index in [1.165, 1.54) is 4.88 Å². The van der Waals surface area contributed by atoms with Gasteiger partial charge in [0.05, 0.1) is 29.6 Å². The fourth-order valence-corrected chi connectivity index (χ4v) is 4.10. The number of rotatable bonds is 9. The summed E-state index contributed by atoms with van der Waals surface area (Å²) in [6, 6.07) is 21.2. The molecule has 0 bridgehead atoms. The molecule has 4 rings (SSSR count). The van der Waals surface area contributed by atoms with Crippen molar-refractivity contribution in [2.24, 2.45) is 0 Å². The second kappa shape index (κ2) is 10.3. The Kier molecular flexibility index (Phi) is 6.85. The van der Waals surface area contributed by atoms with Crippen LogP contribution in [0.1, 0.15) is 16.0 Å². The van der Waals surface area contributed by atoms with Crippen molar-refractivity contribution in [1.82, 2.24) is 9.97 Å². The third kappa shape index (κ3) is 4.99. The van der Waals surface area contributed by atoms with E-state index < -0.39 is 0 Å². The van der Waals surface area contributed by atoms with Crippen molar-refractivity contribution < 1.29 is 4.79 Å². The number of carbonyl (C=O) groups is 1. The quantitative estimate of drug-likeness (QED) is 0.375. The Morgan fingerprint density at radius 2 is 2.00 bits per heavy atom. The van der Waals surface area contributed by atoms with Crippen molar-refractivity contribution in [1.29, 1.82) is 5.26 Å². The number of nitrogens with one attached hydrogen (secondary N) is 1. The van der Waals surface area contributed by atoms with E-state index in [1.807, 2.05) is 48.5 Å². The van der Waals surface area contributed by atoms with Gasteiger partial charge in [-0.3, -0.25) is 9.78 Å². The average Bonchev–Trinajstić information content (AvgIpc) is 3.37. The topological polar surface area (TPSA) is 81.9 Å². The van der Waals surface area contributed by atoms with Gasteiger partial charge in [0.15, 0.2) is 5.82 Å². The molecule has 4 aromatic rings. The van der Waals surface area contributed by atoms with Crippen LogP contribution < -0.4 is 10.2 Å². The first-order valence-electron chi connectivity index (χ1n) is 10.2. The number of aromatic nitrogens is 2. The van der Waals surface area contributed by atoms with E-state index in [9.17, 15) is 10.1 Å². The Labute approximate surface area is 190 Å². The number of nitriles is 1. The summed E-state index contributed by atoms with van der Waals surface area (Å²) < 4.78 is 0. The maximum absolute atomic E-state index is 12.0. The van der Waals surface area contributed by atoms with Crippen LogP contribution in [0.25, 0.3) is 11.3 Å². The molecule has 0 aliphatic carbocycles. The van der Waals surface area contributed by atoms with E-state index in [1.54, 1.807) is 34.7 Å². The fourth-order valence-electron chi connectivity index (χ4n) is 3.39. The zero-order valence-corrected chi connectivity index (χ0v) is 18.1. The molecule has 0 radical (unpaired) electrons. The van der Waals surface area contributed by atoms with Gasteiger partial charge in [0.25, 0.3) is 0 Å². The van der Waals surface area contributed by atoms with Crippen LogP contribution in [0.2, 0.25) is 0 Å². The molecule has 0 fully saturated rings. The Balaban J connectivity index is 1.67. The Morgan fingerprint density at radius 1 is 1.09 bits per heavy atom. The maximum atomic E-state index is 12.0. The van der Waals surface area contributed by atoms with Crippen LogP contribution in [0, 0.1) is 11.3 Å². The molecule has 1 amide bonds. The number of hydrogen-bond donors (Lipinski definition) is 1. The first-order valence-corrected chi connectivity index (χ1v) is 11.0. The van der Waals surface area contributed by atoms with Crippen molar-refractivity contribution in [3.8, 4) is 17.3 Å². The highest BCUT2D eigenvalue weighted by Gasteiger charge is 2.16. The molecule has 3 aromatic heterocycles. The molecule has 1 aromatic carbocycles. The van der Waals surface area contributed by atoms with Crippen LogP contribution >= 0.6 is 11.3 Å². The van der Waals surface area contributed by atoms with Crippen molar-refractivity contribution in [3.05, 3.63) is 94.4 Å². The van der Waals surface area contributed by atoms with Crippen molar-refractivity contribution in [2.75, 3.05) is 16.8 Å². The monoisotopic (exact) mass is 439 g/mol. The minimum Gasteiger partial charge on any atom is -0.368 e. The number of pyridine rings is 2. The largest absolute Gasteiger partial charge is 0.368 e. The van der Waals surface area contributed by atoms with Crippen molar-refractivity contribution in [3.63, 3.8) is 0 Å². The van der Waals surface area contributed by atoms with Crippen molar-refractivity contribution >= 4 is 29.3 Å². The predicted octanol–water partition coefficient (Wildman–Crippen LogP) is 4.89. The van der Waals surface area contributed by atoms with Gasteiger partial charge >= 0.3 is 0 Å². The van der Waals surface area contributed by atoms with Gasteiger partial charge in [0.2, 0.25) is 6.41 Å². The Hall–Kier alpha value is -4.02. The van der Waals surface area contributed by atoms with Crippen LogP contribution in [-0.4, -0.2) is 22.9 Å². The highest BCUT2D eigenvalue weighted by atomic mass is 32.1. The summed E-state index contributed by atoms with van der Waals surface area (Å²) in [6.07, 6.45) is 5.10. The van der Waals surface area contributed by atoms with E-state index in [-0.39, 0.29) is 0 Å². The van der Waals surface area contributed by atoms with Crippen LogP contribution in [0.4, 0.5) is 11.5 Å². The van der Waals surface area contributed by atoms with Crippen molar-refractivity contribution in [2.45, 2.75) is 13.0 Å². The highest BCUT2D eigenvalue weighted by molar-refractivity contribution is 7.09. The molecule has 6 nitrogen and oxygen atoms in total. The van der Waals surface area contributed by atoms with Gasteiger partial charge in [-0.25, -0.2) is 4.98 Å². The van der Waals surface area contributed by atoms with Gasteiger partial charge < -0.3 is 10.2 Å². The molecular formula is C25H21N5OS. The molecule has 1 N–H and O–H groups in total. The van der Waals surface area contributed by atoms with Gasteiger partial charge in [-0.2, -0.15) is 5.26 Å². The Bertz CT molecular complexity index is 1220. The first kappa shape index (κ1) is 21.2. The van der Waals surface area contributed by atoms with Crippen LogP contribution in [-0.2, 0) is 17.8 Å². The standard InChI is InChI=1S/C25H21N5OS/c26-15-20-6-1-2-8-22(20)23-9-10-24(30(18-31)17-19-5-3-12-27-16-19)25(29-23)28-13-11-21-7-4-14-32-21/h1-10,12,14,16,18H,11,13,17H2,(H,28,29). The lowest BCUT2D eigenvalue weighted by Crippen LogP contribution is -2.22. The second-order valence-electron chi connectivity index (χ2n) is 7.07. The third-order valence-electron chi connectivity index (χ3n) is 4.95. The molecule has 0 atom stereocenters. The van der Waals surface area contributed by atoms with Crippen LogP contribution in [0.3, 0.4) is 0 Å². The lowest BCUT2D eigenvalue weighted by Gasteiger charge is -2.21. The molecule has 3 heterocycles. The molecule has 0 saturated carbocycles. The van der Waals surface area contributed by atoms with Gasteiger partial charge in [0.1, 0.15) is 0 Å². The lowest BCUT2D eigenvalue weighted by atomic mass is 10.0. The smallest absolute Gasteiger partial charge is 0.214 e. The molecule has 0 aliphatic heterocycles. The van der Waals surface area contributed by atoms with E-state index in [0.717, 1.165) is 24.0 Å². The fraction of sp³-hybridized carbons (Fsp3) is 0.120. The van der Waals surface area contributed by atoms with Crippen LogP contribution in [0.15, 0.2) is 78.4 Å². The van der Waals surface area contributed by atoms with E-state index in [0.29, 0.717) is 35.9 Å². The molecule has 32 heavy (non-hydrogen) atoms. The number of benzene rings is 1. The summed E-state index contributed by atoms with van der Waals surface area (Å²) in [5.41, 5.74) is 3.58. The number of thiophene rings is 1. The molecule has 0 saturated heterocycles. The molecule has 0 aliphatic rings. The zero-order valence-electron chi connectivity index (χ0n) is 17.3. The minimum absolute atomic E-state index is 0.382. The normalized spacial score (nSPS) is 10.3. The SMILES string of the molecule is N#Cc1ccccc1-c1ccc(N(C=O)Cc2cccnc2)c(NCCc2cccs2)n1.